The quantitative estimate of drug-likeness (QED) is 0.687. The molecule has 1 aromatic heterocycles. The molecule has 0 aliphatic carbocycles. The van der Waals surface area contributed by atoms with Gasteiger partial charge < -0.3 is 9.73 Å². The van der Waals surface area contributed by atoms with Crippen LogP contribution in [0.25, 0.3) is 0 Å². The van der Waals surface area contributed by atoms with Crippen LogP contribution in [0.15, 0.2) is 21.6 Å². The van der Waals surface area contributed by atoms with Crippen molar-refractivity contribution in [1.29, 1.82) is 5.26 Å². The van der Waals surface area contributed by atoms with Gasteiger partial charge in [-0.2, -0.15) is 5.26 Å². The van der Waals surface area contributed by atoms with E-state index in [2.05, 4.69) is 5.32 Å². The van der Waals surface area contributed by atoms with E-state index in [1.54, 1.807) is 0 Å². The third-order valence-electron chi connectivity index (χ3n) is 1.63. The maximum atomic E-state index is 10.8. The lowest BCUT2D eigenvalue weighted by Crippen LogP contribution is -2.14. The number of nitriles is 1. The van der Waals surface area contributed by atoms with E-state index < -0.39 is 10.0 Å². The molecule has 1 heterocycles. The Balaban J connectivity index is 2.51. The Bertz CT molecular complexity index is 458. The lowest BCUT2D eigenvalue weighted by atomic mass is 10.4. The topological polar surface area (TPSA) is 109 Å². The number of nitrogens with one attached hydrogen (secondary N) is 1. The predicted molar refractivity (Wildman–Crippen MR) is 52.0 cm³/mol. The molecule has 82 valence electrons. The van der Waals surface area contributed by atoms with Crippen molar-refractivity contribution in [2.45, 2.75) is 18.1 Å². The highest BCUT2D eigenvalue weighted by molar-refractivity contribution is 7.89. The summed E-state index contributed by atoms with van der Waals surface area (Å²) in [5, 5.41) is 15.8. The van der Waals surface area contributed by atoms with Gasteiger partial charge in [-0.25, -0.2) is 13.6 Å². The van der Waals surface area contributed by atoms with Gasteiger partial charge in [0.1, 0.15) is 5.76 Å². The average molecular weight is 229 g/mol. The molecule has 0 aromatic carbocycles. The first kappa shape index (κ1) is 11.7. The Labute approximate surface area is 87.7 Å². The van der Waals surface area contributed by atoms with Crippen molar-refractivity contribution in [3.63, 3.8) is 0 Å². The molecule has 0 aliphatic heterocycles. The zero-order valence-corrected chi connectivity index (χ0v) is 8.75. The van der Waals surface area contributed by atoms with Crippen molar-refractivity contribution in [2.75, 3.05) is 6.54 Å². The molecule has 6 nitrogen and oxygen atoms in total. The van der Waals surface area contributed by atoms with Crippen LogP contribution in [0.2, 0.25) is 0 Å². The molecule has 0 fully saturated rings. The summed E-state index contributed by atoms with van der Waals surface area (Å²) in [6, 6.07) is 4.80. The number of nitrogens with two attached hydrogens (primary N) is 1. The zero-order chi connectivity index (χ0) is 11.3. The van der Waals surface area contributed by atoms with Crippen molar-refractivity contribution in [3.05, 3.63) is 17.9 Å². The number of primary sulfonamides is 1. The van der Waals surface area contributed by atoms with Crippen LogP contribution in [0.1, 0.15) is 12.2 Å². The fourth-order valence-electron chi connectivity index (χ4n) is 0.962. The van der Waals surface area contributed by atoms with E-state index in [1.807, 2.05) is 6.07 Å². The lowest BCUT2D eigenvalue weighted by Gasteiger charge is -1.97. The molecule has 0 radical (unpaired) electrons. The fourth-order valence-corrected chi connectivity index (χ4v) is 1.44. The summed E-state index contributed by atoms with van der Waals surface area (Å²) >= 11 is 0. The molecule has 1 rings (SSSR count). The molecular formula is C8H11N3O3S. The Morgan fingerprint density at radius 2 is 2.27 bits per heavy atom. The third-order valence-corrected chi connectivity index (χ3v) is 2.41. The van der Waals surface area contributed by atoms with Crippen LogP contribution in [-0.2, 0) is 16.6 Å². The van der Waals surface area contributed by atoms with Crippen molar-refractivity contribution in [3.8, 4) is 6.07 Å². The summed E-state index contributed by atoms with van der Waals surface area (Å²) in [7, 11) is -3.76. The molecule has 0 aliphatic rings. The van der Waals surface area contributed by atoms with Crippen molar-refractivity contribution in [2.24, 2.45) is 5.14 Å². The van der Waals surface area contributed by atoms with E-state index in [-0.39, 0.29) is 5.09 Å². The van der Waals surface area contributed by atoms with Crippen LogP contribution in [-0.4, -0.2) is 15.0 Å². The summed E-state index contributed by atoms with van der Waals surface area (Å²) in [6.07, 6.45) is 0.392. The normalized spacial score (nSPS) is 11.2. The molecule has 0 saturated heterocycles. The van der Waals surface area contributed by atoms with Crippen LogP contribution in [0.5, 0.6) is 0 Å². The lowest BCUT2D eigenvalue weighted by molar-refractivity contribution is 0.403. The van der Waals surface area contributed by atoms with Crippen molar-refractivity contribution >= 4 is 10.0 Å². The van der Waals surface area contributed by atoms with Gasteiger partial charge >= 0.3 is 0 Å². The van der Waals surface area contributed by atoms with E-state index >= 15 is 0 Å². The SMILES string of the molecule is N#CCCNCc1ccc(S(N)(=O)=O)o1. The highest BCUT2D eigenvalue weighted by atomic mass is 32.2. The summed E-state index contributed by atoms with van der Waals surface area (Å²) in [4.78, 5) is 0. The molecule has 0 bridgehead atoms. The molecule has 0 atom stereocenters. The van der Waals surface area contributed by atoms with Crippen LogP contribution < -0.4 is 10.5 Å². The Kier molecular flexibility index (Phi) is 3.85. The number of hydrogen-bond acceptors (Lipinski definition) is 5. The maximum absolute atomic E-state index is 10.8. The maximum Gasteiger partial charge on any atom is 0.271 e. The molecule has 0 spiro atoms. The van der Waals surface area contributed by atoms with E-state index in [0.717, 1.165) is 0 Å². The summed E-state index contributed by atoms with van der Waals surface area (Å²) in [5.41, 5.74) is 0. The monoisotopic (exact) mass is 229 g/mol. The highest BCUT2D eigenvalue weighted by Gasteiger charge is 2.12. The average Bonchev–Trinajstić information content (AvgIpc) is 2.60. The first-order valence-corrected chi connectivity index (χ1v) is 5.78. The van der Waals surface area contributed by atoms with Gasteiger partial charge in [-0.3, -0.25) is 0 Å². The summed E-state index contributed by atoms with van der Waals surface area (Å²) in [5.74, 6) is 0.469. The molecule has 0 unspecified atom stereocenters. The van der Waals surface area contributed by atoms with Crippen molar-refractivity contribution in [1.82, 2.24) is 5.32 Å². The van der Waals surface area contributed by atoms with Gasteiger partial charge in [0, 0.05) is 13.0 Å². The first-order valence-electron chi connectivity index (χ1n) is 4.23. The second-order valence-electron chi connectivity index (χ2n) is 2.85. The molecule has 3 N–H and O–H groups in total. The van der Waals surface area contributed by atoms with Crippen LogP contribution >= 0.6 is 0 Å². The Morgan fingerprint density at radius 1 is 1.53 bits per heavy atom. The standard InChI is InChI=1S/C8H11N3O3S/c9-4-1-5-11-6-7-2-3-8(14-7)15(10,12)13/h2-3,11H,1,5-6H2,(H2,10,12,13). The van der Waals surface area contributed by atoms with Crippen LogP contribution in [0, 0.1) is 11.3 Å². The Hall–Kier alpha value is -1.36. The summed E-state index contributed by atoms with van der Waals surface area (Å²) < 4.78 is 26.7. The number of furan rings is 1. The van der Waals surface area contributed by atoms with Crippen LogP contribution in [0.4, 0.5) is 0 Å². The van der Waals surface area contributed by atoms with Gasteiger partial charge in [-0.1, -0.05) is 0 Å². The van der Waals surface area contributed by atoms with E-state index in [0.29, 0.717) is 25.3 Å². The smallest absolute Gasteiger partial charge is 0.271 e. The number of sulfonamides is 1. The molecule has 1 aromatic rings. The summed E-state index contributed by atoms with van der Waals surface area (Å²) in [6.45, 7) is 0.902. The fraction of sp³-hybridized carbons (Fsp3) is 0.375. The minimum atomic E-state index is -3.76. The molecule has 7 heteroatoms. The molecule has 0 saturated carbocycles. The molecule has 15 heavy (non-hydrogen) atoms. The minimum absolute atomic E-state index is 0.250. The van der Waals surface area contributed by atoms with Gasteiger partial charge in [0.25, 0.3) is 10.0 Å². The van der Waals surface area contributed by atoms with Gasteiger partial charge in [0.15, 0.2) is 0 Å². The van der Waals surface area contributed by atoms with E-state index in [9.17, 15) is 8.42 Å². The first-order chi connectivity index (χ1) is 7.04. The van der Waals surface area contributed by atoms with Crippen LogP contribution in [0.3, 0.4) is 0 Å². The second-order valence-corrected chi connectivity index (χ2v) is 4.34. The molecular weight excluding hydrogens is 218 g/mol. The Morgan fingerprint density at radius 3 is 2.80 bits per heavy atom. The van der Waals surface area contributed by atoms with Gasteiger partial charge in [-0.15, -0.1) is 0 Å². The predicted octanol–water partition coefficient (Wildman–Crippen LogP) is -0.0697. The second kappa shape index (κ2) is 4.93. The van der Waals surface area contributed by atoms with E-state index in [1.165, 1.54) is 12.1 Å². The highest BCUT2D eigenvalue weighted by Crippen LogP contribution is 2.11. The van der Waals surface area contributed by atoms with Crippen molar-refractivity contribution < 1.29 is 12.8 Å². The minimum Gasteiger partial charge on any atom is -0.447 e. The number of rotatable bonds is 5. The number of hydrogen-bond donors (Lipinski definition) is 2. The molecule has 0 amide bonds. The van der Waals surface area contributed by atoms with Gasteiger partial charge in [0.05, 0.1) is 12.6 Å². The van der Waals surface area contributed by atoms with Gasteiger partial charge in [-0.05, 0) is 12.1 Å². The zero-order valence-electron chi connectivity index (χ0n) is 7.93. The van der Waals surface area contributed by atoms with Gasteiger partial charge in [0.2, 0.25) is 5.09 Å². The van der Waals surface area contributed by atoms with E-state index in [4.69, 9.17) is 14.8 Å². The third kappa shape index (κ3) is 3.71. The largest absolute Gasteiger partial charge is 0.447 e. The number of nitrogens with zero attached hydrogens (tertiary/aromatic N) is 1.